The molecule has 0 atom stereocenters. The van der Waals surface area contributed by atoms with E-state index in [1.165, 1.54) is 0 Å². The summed E-state index contributed by atoms with van der Waals surface area (Å²) in [5.74, 6) is 1.39. The summed E-state index contributed by atoms with van der Waals surface area (Å²) < 4.78 is 30.9. The Hall–Kier alpha value is -2.83. The standard InChI is InChI=1S/C19H24N8O3S/c20-19-21-9-14(10-22-19)16-13-27-12-15(11-25-3-7-31(28,29)8-4-25)23-17(27)18(24-16)26-1-5-30-6-2-26/h9-10,12-13H,1-8,11H2,(H2,20,21,22). The van der Waals surface area contributed by atoms with Crippen LogP contribution in [0.15, 0.2) is 24.8 Å². The number of fused-ring (bicyclic) bond motifs is 1. The van der Waals surface area contributed by atoms with Gasteiger partial charge in [0.05, 0.1) is 36.1 Å². The van der Waals surface area contributed by atoms with Crippen molar-refractivity contribution in [1.82, 2.24) is 29.2 Å². The minimum atomic E-state index is -2.91. The van der Waals surface area contributed by atoms with Gasteiger partial charge in [0.15, 0.2) is 21.3 Å². The third-order valence-corrected chi connectivity index (χ3v) is 7.18. The highest BCUT2D eigenvalue weighted by atomic mass is 32.2. The minimum absolute atomic E-state index is 0.197. The van der Waals surface area contributed by atoms with Gasteiger partial charge in [-0.05, 0) is 0 Å². The molecule has 0 unspecified atom stereocenters. The molecule has 5 heterocycles. The van der Waals surface area contributed by atoms with Crippen LogP contribution in [0.4, 0.5) is 11.8 Å². The zero-order valence-electron chi connectivity index (χ0n) is 17.0. The number of imidazole rings is 1. The van der Waals surface area contributed by atoms with Crippen molar-refractivity contribution < 1.29 is 13.2 Å². The average molecular weight is 445 g/mol. The first-order chi connectivity index (χ1) is 15.0. The zero-order chi connectivity index (χ0) is 21.4. The van der Waals surface area contributed by atoms with Crippen LogP contribution in [-0.2, 0) is 21.1 Å². The fourth-order valence-corrected chi connectivity index (χ4v) is 5.12. The van der Waals surface area contributed by atoms with Crippen LogP contribution in [0.3, 0.4) is 0 Å². The highest BCUT2D eigenvalue weighted by molar-refractivity contribution is 7.91. The second-order valence-corrected chi connectivity index (χ2v) is 10.1. The quantitative estimate of drug-likeness (QED) is 0.579. The van der Waals surface area contributed by atoms with Crippen LogP contribution in [0.5, 0.6) is 0 Å². The zero-order valence-corrected chi connectivity index (χ0v) is 17.8. The van der Waals surface area contributed by atoms with Crippen molar-refractivity contribution in [2.45, 2.75) is 6.54 Å². The van der Waals surface area contributed by atoms with E-state index < -0.39 is 9.84 Å². The molecule has 0 aliphatic carbocycles. The molecule has 11 nitrogen and oxygen atoms in total. The van der Waals surface area contributed by atoms with E-state index in [0.29, 0.717) is 32.8 Å². The molecule has 2 aliphatic heterocycles. The van der Waals surface area contributed by atoms with E-state index in [0.717, 1.165) is 41.5 Å². The maximum absolute atomic E-state index is 11.7. The molecular weight excluding hydrogens is 420 g/mol. The number of rotatable bonds is 4. The lowest BCUT2D eigenvalue weighted by Crippen LogP contribution is -2.39. The summed E-state index contributed by atoms with van der Waals surface area (Å²) in [6.07, 6.45) is 7.20. The van der Waals surface area contributed by atoms with Crippen LogP contribution < -0.4 is 10.6 Å². The Labute approximate surface area is 179 Å². The smallest absolute Gasteiger partial charge is 0.219 e. The molecule has 3 aromatic heterocycles. The number of morpholine rings is 1. The molecule has 2 aliphatic rings. The lowest BCUT2D eigenvalue weighted by atomic mass is 10.2. The number of sulfone groups is 1. The van der Waals surface area contributed by atoms with Gasteiger partial charge >= 0.3 is 0 Å². The molecule has 0 saturated carbocycles. The molecule has 164 valence electrons. The van der Waals surface area contributed by atoms with Gasteiger partial charge in [-0.15, -0.1) is 0 Å². The number of nitrogen functional groups attached to an aromatic ring is 1. The molecule has 31 heavy (non-hydrogen) atoms. The lowest BCUT2D eigenvalue weighted by molar-refractivity contribution is 0.122. The van der Waals surface area contributed by atoms with Gasteiger partial charge in [0.2, 0.25) is 5.95 Å². The van der Waals surface area contributed by atoms with Crippen molar-refractivity contribution in [3.8, 4) is 11.3 Å². The number of aromatic nitrogens is 5. The number of ether oxygens (including phenoxy) is 1. The van der Waals surface area contributed by atoms with E-state index in [1.54, 1.807) is 12.4 Å². The summed E-state index contributed by atoms with van der Waals surface area (Å²) in [5.41, 5.74) is 8.76. The first kappa shape index (κ1) is 20.1. The molecule has 2 saturated heterocycles. The van der Waals surface area contributed by atoms with Gasteiger partial charge in [0.25, 0.3) is 0 Å². The Bertz CT molecular complexity index is 1170. The number of hydrogen-bond donors (Lipinski definition) is 1. The van der Waals surface area contributed by atoms with Gasteiger partial charge in [0.1, 0.15) is 0 Å². The van der Waals surface area contributed by atoms with Gasteiger partial charge in [-0.1, -0.05) is 0 Å². The normalized spacial score (nSPS) is 19.7. The van der Waals surface area contributed by atoms with Crippen molar-refractivity contribution in [3.63, 3.8) is 0 Å². The van der Waals surface area contributed by atoms with Crippen molar-refractivity contribution in [1.29, 1.82) is 0 Å². The van der Waals surface area contributed by atoms with E-state index in [1.807, 2.05) is 16.8 Å². The van der Waals surface area contributed by atoms with E-state index in [2.05, 4.69) is 19.8 Å². The van der Waals surface area contributed by atoms with Crippen molar-refractivity contribution >= 4 is 27.3 Å². The molecule has 3 aromatic rings. The van der Waals surface area contributed by atoms with E-state index in [-0.39, 0.29) is 17.5 Å². The third kappa shape index (κ3) is 4.31. The Morgan fingerprint density at radius 2 is 1.71 bits per heavy atom. The second kappa shape index (κ2) is 8.02. The van der Waals surface area contributed by atoms with E-state index in [9.17, 15) is 8.42 Å². The highest BCUT2D eigenvalue weighted by Gasteiger charge is 2.24. The van der Waals surface area contributed by atoms with Gasteiger partial charge in [0, 0.05) is 63.1 Å². The fraction of sp³-hybridized carbons (Fsp3) is 0.474. The summed E-state index contributed by atoms with van der Waals surface area (Å²) in [7, 11) is -2.91. The van der Waals surface area contributed by atoms with Crippen LogP contribution in [-0.4, -0.2) is 88.6 Å². The molecule has 2 fully saturated rings. The minimum Gasteiger partial charge on any atom is -0.378 e. The average Bonchev–Trinajstić information content (AvgIpc) is 3.18. The first-order valence-corrected chi connectivity index (χ1v) is 12.0. The van der Waals surface area contributed by atoms with Crippen molar-refractivity contribution in [3.05, 3.63) is 30.5 Å². The monoisotopic (exact) mass is 444 g/mol. The Balaban J connectivity index is 1.51. The molecule has 0 aromatic carbocycles. The van der Waals surface area contributed by atoms with Crippen LogP contribution in [0.25, 0.3) is 16.9 Å². The van der Waals surface area contributed by atoms with Crippen LogP contribution in [0.1, 0.15) is 5.69 Å². The Kier molecular flexibility index (Phi) is 5.20. The van der Waals surface area contributed by atoms with Crippen LogP contribution in [0.2, 0.25) is 0 Å². The van der Waals surface area contributed by atoms with Gasteiger partial charge < -0.3 is 19.8 Å². The number of nitrogens with two attached hydrogens (primary N) is 1. The predicted octanol–water partition coefficient (Wildman–Crippen LogP) is -0.164. The Morgan fingerprint density at radius 3 is 2.42 bits per heavy atom. The first-order valence-electron chi connectivity index (χ1n) is 10.2. The number of nitrogens with zero attached hydrogens (tertiary/aromatic N) is 7. The van der Waals surface area contributed by atoms with E-state index >= 15 is 0 Å². The van der Waals surface area contributed by atoms with Gasteiger partial charge in [-0.2, -0.15) is 0 Å². The SMILES string of the molecule is Nc1ncc(-c2cn3cc(CN4CCS(=O)(=O)CC4)nc3c(N3CCOCC3)n2)cn1. The molecule has 0 amide bonds. The molecule has 5 rings (SSSR count). The topological polar surface area (TPSA) is 132 Å². The molecule has 0 radical (unpaired) electrons. The molecule has 0 bridgehead atoms. The molecule has 0 spiro atoms. The van der Waals surface area contributed by atoms with E-state index in [4.69, 9.17) is 20.4 Å². The van der Waals surface area contributed by atoms with Crippen LogP contribution >= 0.6 is 0 Å². The summed E-state index contributed by atoms with van der Waals surface area (Å²) in [6, 6.07) is 0. The van der Waals surface area contributed by atoms with Crippen molar-refractivity contribution in [2.75, 3.05) is 61.5 Å². The van der Waals surface area contributed by atoms with Gasteiger partial charge in [-0.25, -0.2) is 28.4 Å². The highest BCUT2D eigenvalue weighted by Crippen LogP contribution is 2.26. The summed E-state index contributed by atoms with van der Waals surface area (Å²) in [5, 5.41) is 0. The fourth-order valence-electron chi connectivity index (χ4n) is 3.84. The molecule has 12 heteroatoms. The summed E-state index contributed by atoms with van der Waals surface area (Å²) in [6.45, 7) is 4.39. The summed E-state index contributed by atoms with van der Waals surface area (Å²) >= 11 is 0. The summed E-state index contributed by atoms with van der Waals surface area (Å²) in [4.78, 5) is 22.2. The number of hydrogen-bond acceptors (Lipinski definition) is 10. The predicted molar refractivity (Wildman–Crippen MR) is 115 cm³/mol. The van der Waals surface area contributed by atoms with Crippen molar-refractivity contribution in [2.24, 2.45) is 0 Å². The maximum Gasteiger partial charge on any atom is 0.219 e. The van der Waals surface area contributed by atoms with Gasteiger partial charge in [-0.3, -0.25) is 4.90 Å². The third-order valence-electron chi connectivity index (χ3n) is 5.57. The largest absolute Gasteiger partial charge is 0.378 e. The lowest BCUT2D eigenvalue weighted by Gasteiger charge is -2.28. The second-order valence-electron chi connectivity index (χ2n) is 7.77. The molecule has 2 N–H and O–H groups in total. The Morgan fingerprint density at radius 1 is 1.00 bits per heavy atom. The van der Waals surface area contributed by atoms with Crippen LogP contribution in [0, 0.1) is 0 Å². The maximum atomic E-state index is 11.7. The number of anilines is 2. The molecular formula is C19H24N8O3S.